The highest BCUT2D eigenvalue weighted by Crippen LogP contribution is 2.53. The number of aromatic hydroxyl groups is 2. The van der Waals surface area contributed by atoms with E-state index in [1.165, 1.54) is 20.3 Å². The molecule has 2 aromatic rings. The molecule has 3 atom stereocenters. The van der Waals surface area contributed by atoms with Crippen molar-refractivity contribution in [2.75, 3.05) is 14.2 Å². The van der Waals surface area contributed by atoms with Crippen LogP contribution in [-0.2, 0) is 15.1 Å². The zero-order chi connectivity index (χ0) is 16.6. The summed E-state index contributed by atoms with van der Waals surface area (Å²) in [6.45, 7) is 0. The predicted octanol–water partition coefficient (Wildman–Crippen LogP) is 2.04. The fourth-order valence-electron chi connectivity index (χ4n) is 2.99. The van der Waals surface area contributed by atoms with E-state index in [0.717, 1.165) is 0 Å². The Bertz CT molecular complexity index is 702. The number of benzene rings is 2. The van der Waals surface area contributed by atoms with Crippen molar-refractivity contribution in [1.29, 1.82) is 0 Å². The van der Waals surface area contributed by atoms with E-state index in [0.29, 0.717) is 11.1 Å². The molecule has 0 saturated carbocycles. The molecule has 0 saturated heterocycles. The van der Waals surface area contributed by atoms with Crippen LogP contribution in [0.15, 0.2) is 42.5 Å². The number of hydrogen-bond acceptors (Lipinski definition) is 6. The molecule has 3 rings (SSSR count). The Morgan fingerprint density at radius 3 is 2.30 bits per heavy atom. The van der Waals surface area contributed by atoms with Gasteiger partial charge in [0.2, 0.25) is 12.0 Å². The molecule has 1 aliphatic heterocycles. The molecule has 2 aromatic carbocycles. The number of hydrogen-bond donors (Lipinski definition) is 3. The standard InChI is InChI=1S/C17H18O6/c1-21-15-11-8-9-12(18)13(19)14(11)23-16(22-2)17(15,20)10-6-4-3-5-7-10/h3-9,15-16,18-20H,1-2H3. The monoisotopic (exact) mass is 318 g/mol. The van der Waals surface area contributed by atoms with E-state index in [2.05, 4.69) is 0 Å². The van der Waals surface area contributed by atoms with Crippen LogP contribution in [0.2, 0.25) is 0 Å². The summed E-state index contributed by atoms with van der Waals surface area (Å²) in [5.41, 5.74) is -0.652. The topological polar surface area (TPSA) is 88.4 Å². The molecule has 0 aliphatic carbocycles. The maximum atomic E-state index is 11.3. The van der Waals surface area contributed by atoms with Gasteiger partial charge in [0, 0.05) is 19.8 Å². The number of phenolic OH excluding ortho intramolecular Hbond substituents is 2. The second-order valence-electron chi connectivity index (χ2n) is 5.34. The number of fused-ring (bicyclic) bond motifs is 1. The van der Waals surface area contributed by atoms with Gasteiger partial charge >= 0.3 is 0 Å². The van der Waals surface area contributed by atoms with E-state index < -0.39 is 23.7 Å². The van der Waals surface area contributed by atoms with Gasteiger partial charge in [0.05, 0.1) is 0 Å². The van der Waals surface area contributed by atoms with Gasteiger partial charge < -0.3 is 29.5 Å². The highest BCUT2D eigenvalue weighted by atomic mass is 16.7. The van der Waals surface area contributed by atoms with Crippen LogP contribution in [0.25, 0.3) is 0 Å². The minimum Gasteiger partial charge on any atom is -0.504 e. The van der Waals surface area contributed by atoms with Crippen LogP contribution in [0.4, 0.5) is 0 Å². The Morgan fingerprint density at radius 2 is 1.70 bits per heavy atom. The van der Waals surface area contributed by atoms with E-state index in [1.54, 1.807) is 30.3 Å². The molecule has 6 nitrogen and oxygen atoms in total. The van der Waals surface area contributed by atoms with Crippen molar-refractivity contribution in [3.63, 3.8) is 0 Å². The lowest BCUT2D eigenvalue weighted by Crippen LogP contribution is -2.52. The first-order chi connectivity index (χ1) is 11.0. The third kappa shape index (κ3) is 2.23. The first-order valence-corrected chi connectivity index (χ1v) is 7.09. The Kier molecular flexibility index (Phi) is 3.89. The van der Waals surface area contributed by atoms with Gasteiger partial charge in [0.1, 0.15) is 6.10 Å². The van der Waals surface area contributed by atoms with E-state index >= 15 is 0 Å². The lowest BCUT2D eigenvalue weighted by Gasteiger charge is -2.44. The van der Waals surface area contributed by atoms with Crippen LogP contribution in [0.1, 0.15) is 17.2 Å². The van der Waals surface area contributed by atoms with Crippen LogP contribution in [0.3, 0.4) is 0 Å². The van der Waals surface area contributed by atoms with E-state index in [-0.39, 0.29) is 11.5 Å². The average Bonchev–Trinajstić information content (AvgIpc) is 2.58. The van der Waals surface area contributed by atoms with Gasteiger partial charge in [-0.15, -0.1) is 0 Å². The Morgan fingerprint density at radius 1 is 1.00 bits per heavy atom. The van der Waals surface area contributed by atoms with E-state index in [4.69, 9.17) is 14.2 Å². The third-order valence-corrected chi connectivity index (χ3v) is 4.09. The van der Waals surface area contributed by atoms with Crippen molar-refractivity contribution in [3.05, 3.63) is 53.6 Å². The van der Waals surface area contributed by atoms with Crippen LogP contribution >= 0.6 is 0 Å². The van der Waals surface area contributed by atoms with Crippen molar-refractivity contribution < 1.29 is 29.5 Å². The first kappa shape index (κ1) is 15.6. The molecule has 0 amide bonds. The van der Waals surface area contributed by atoms with E-state index in [1.807, 2.05) is 6.07 Å². The second kappa shape index (κ2) is 5.73. The number of rotatable bonds is 3. The molecule has 3 N–H and O–H groups in total. The fourth-order valence-corrected chi connectivity index (χ4v) is 2.99. The lowest BCUT2D eigenvalue weighted by molar-refractivity contribution is -0.251. The summed E-state index contributed by atoms with van der Waals surface area (Å²) >= 11 is 0. The lowest BCUT2D eigenvalue weighted by atomic mass is 9.81. The Hall–Kier alpha value is -2.28. The molecule has 0 aromatic heterocycles. The van der Waals surface area contributed by atoms with Gasteiger partial charge in [-0.05, 0) is 17.7 Å². The molecule has 6 heteroatoms. The molecule has 0 fully saturated rings. The number of phenols is 2. The van der Waals surface area contributed by atoms with E-state index in [9.17, 15) is 15.3 Å². The van der Waals surface area contributed by atoms with Gasteiger partial charge in [-0.3, -0.25) is 0 Å². The van der Waals surface area contributed by atoms with Gasteiger partial charge in [0.15, 0.2) is 17.1 Å². The molecule has 23 heavy (non-hydrogen) atoms. The maximum Gasteiger partial charge on any atom is 0.236 e. The summed E-state index contributed by atoms with van der Waals surface area (Å²) in [4.78, 5) is 0. The molecule has 3 unspecified atom stereocenters. The van der Waals surface area contributed by atoms with Crippen molar-refractivity contribution in [1.82, 2.24) is 0 Å². The number of aliphatic hydroxyl groups is 1. The van der Waals surface area contributed by atoms with Gasteiger partial charge in [-0.2, -0.15) is 0 Å². The maximum absolute atomic E-state index is 11.3. The fraction of sp³-hybridized carbons (Fsp3) is 0.294. The van der Waals surface area contributed by atoms with Crippen molar-refractivity contribution in [3.8, 4) is 17.2 Å². The van der Waals surface area contributed by atoms with Crippen LogP contribution in [0.5, 0.6) is 17.2 Å². The Labute approximate surface area is 133 Å². The van der Waals surface area contributed by atoms with Crippen molar-refractivity contribution >= 4 is 0 Å². The van der Waals surface area contributed by atoms with Crippen LogP contribution in [0, 0.1) is 0 Å². The zero-order valence-electron chi connectivity index (χ0n) is 12.8. The summed E-state index contributed by atoms with van der Waals surface area (Å²) in [7, 11) is 2.83. The third-order valence-electron chi connectivity index (χ3n) is 4.09. The smallest absolute Gasteiger partial charge is 0.236 e. The summed E-state index contributed by atoms with van der Waals surface area (Å²) in [5, 5.41) is 31.1. The number of methoxy groups -OCH3 is 2. The first-order valence-electron chi connectivity index (χ1n) is 7.09. The molecule has 1 aliphatic rings. The van der Waals surface area contributed by atoms with Gasteiger partial charge in [-0.25, -0.2) is 0 Å². The SMILES string of the molecule is COC1Oc2c(ccc(O)c2O)C(OC)C1(O)c1ccccc1. The summed E-state index contributed by atoms with van der Waals surface area (Å²) in [6, 6.07) is 11.8. The summed E-state index contributed by atoms with van der Waals surface area (Å²) < 4.78 is 16.4. The molecule has 0 spiro atoms. The van der Waals surface area contributed by atoms with Crippen molar-refractivity contribution in [2.45, 2.75) is 18.0 Å². The molecular formula is C17H18O6. The van der Waals surface area contributed by atoms with Gasteiger partial charge in [-0.1, -0.05) is 30.3 Å². The molecule has 0 radical (unpaired) electrons. The largest absolute Gasteiger partial charge is 0.504 e. The zero-order valence-corrected chi connectivity index (χ0v) is 12.8. The minimum absolute atomic E-state index is 0.0318. The number of ether oxygens (including phenoxy) is 3. The average molecular weight is 318 g/mol. The highest BCUT2D eigenvalue weighted by molar-refractivity contribution is 5.57. The molecular weight excluding hydrogens is 300 g/mol. The minimum atomic E-state index is -1.62. The van der Waals surface area contributed by atoms with Crippen LogP contribution in [-0.4, -0.2) is 35.8 Å². The quantitative estimate of drug-likeness (QED) is 0.751. The summed E-state index contributed by atoms with van der Waals surface area (Å²) in [6.07, 6.45) is -1.99. The summed E-state index contributed by atoms with van der Waals surface area (Å²) in [5.74, 6) is -0.704. The van der Waals surface area contributed by atoms with Gasteiger partial charge in [0.25, 0.3) is 0 Å². The highest BCUT2D eigenvalue weighted by Gasteiger charge is 2.54. The molecule has 1 heterocycles. The van der Waals surface area contributed by atoms with Crippen molar-refractivity contribution in [2.24, 2.45) is 0 Å². The Balaban J connectivity index is 2.22. The normalized spacial score (nSPS) is 26.4. The molecule has 0 bridgehead atoms. The second-order valence-corrected chi connectivity index (χ2v) is 5.34. The molecule has 122 valence electrons. The predicted molar refractivity (Wildman–Crippen MR) is 81.3 cm³/mol. The van der Waals surface area contributed by atoms with Crippen LogP contribution < -0.4 is 4.74 Å².